The second-order valence-electron chi connectivity index (χ2n) is 5.36. The van der Waals surface area contributed by atoms with Gasteiger partial charge >= 0.3 is 0 Å². The van der Waals surface area contributed by atoms with E-state index in [9.17, 15) is 9.18 Å². The fourth-order valence-electron chi connectivity index (χ4n) is 2.28. The predicted molar refractivity (Wildman–Crippen MR) is 94.2 cm³/mol. The fraction of sp³-hybridized carbons (Fsp3) is 0.105. The molecule has 25 heavy (non-hydrogen) atoms. The van der Waals surface area contributed by atoms with Crippen LogP contribution in [0.3, 0.4) is 0 Å². The van der Waals surface area contributed by atoms with Crippen LogP contribution >= 0.6 is 0 Å². The van der Waals surface area contributed by atoms with Crippen LogP contribution in [0.1, 0.15) is 16.1 Å². The Morgan fingerprint density at radius 2 is 1.76 bits per heavy atom. The lowest BCUT2D eigenvalue weighted by Crippen LogP contribution is -2.26. The van der Waals surface area contributed by atoms with Crippen molar-refractivity contribution in [3.05, 3.63) is 83.9 Å². The molecule has 0 spiro atoms. The summed E-state index contributed by atoms with van der Waals surface area (Å²) in [5, 5.41) is 5.59. The summed E-state index contributed by atoms with van der Waals surface area (Å²) in [5.41, 5.74) is 1.62. The largest absolute Gasteiger partial charge is 0.350 e. The first kappa shape index (κ1) is 16.6. The molecule has 0 aliphatic carbocycles. The lowest BCUT2D eigenvalue weighted by Gasteiger charge is -2.08. The molecule has 2 aromatic carbocycles. The zero-order chi connectivity index (χ0) is 17.5. The number of amides is 1. The van der Waals surface area contributed by atoms with Gasteiger partial charge in [-0.1, -0.05) is 42.5 Å². The molecule has 0 saturated carbocycles. The van der Waals surface area contributed by atoms with Crippen molar-refractivity contribution in [1.29, 1.82) is 0 Å². The highest BCUT2D eigenvalue weighted by atomic mass is 19.1. The van der Waals surface area contributed by atoms with Crippen LogP contribution in [0.15, 0.2) is 66.9 Å². The Balaban J connectivity index is 1.60. The quantitative estimate of drug-likeness (QED) is 0.724. The van der Waals surface area contributed by atoms with Gasteiger partial charge in [0.1, 0.15) is 11.5 Å². The standard InChI is InChI=1S/C19H17FN4O/c20-15-8-4-5-9-16(15)23-19-22-13-11-17(24-19)18(25)21-12-10-14-6-2-1-3-7-14/h1-9,11,13H,10,12H2,(H,21,25)(H,22,23,24). The summed E-state index contributed by atoms with van der Waals surface area (Å²) in [6, 6.07) is 17.6. The summed E-state index contributed by atoms with van der Waals surface area (Å²) in [6.07, 6.45) is 2.19. The number of rotatable bonds is 6. The average molecular weight is 336 g/mol. The Labute approximate surface area is 145 Å². The summed E-state index contributed by atoms with van der Waals surface area (Å²) in [6.45, 7) is 0.503. The number of aromatic nitrogens is 2. The summed E-state index contributed by atoms with van der Waals surface area (Å²) < 4.78 is 13.7. The molecule has 126 valence electrons. The topological polar surface area (TPSA) is 66.9 Å². The molecule has 0 saturated heterocycles. The molecule has 3 aromatic rings. The number of carbonyl (C=O) groups is 1. The second kappa shape index (κ2) is 8.01. The van der Waals surface area contributed by atoms with Gasteiger partial charge in [-0.2, -0.15) is 0 Å². The van der Waals surface area contributed by atoms with Crippen molar-refractivity contribution in [1.82, 2.24) is 15.3 Å². The minimum absolute atomic E-state index is 0.167. The second-order valence-corrected chi connectivity index (χ2v) is 5.36. The van der Waals surface area contributed by atoms with E-state index in [-0.39, 0.29) is 23.2 Å². The number of nitrogens with zero attached hydrogens (tertiary/aromatic N) is 2. The number of hydrogen-bond acceptors (Lipinski definition) is 4. The molecule has 0 radical (unpaired) electrons. The predicted octanol–water partition coefficient (Wildman–Crippen LogP) is 3.33. The first-order valence-electron chi connectivity index (χ1n) is 7.89. The third-order valence-electron chi connectivity index (χ3n) is 3.55. The van der Waals surface area contributed by atoms with Crippen molar-refractivity contribution in [3.8, 4) is 0 Å². The molecular weight excluding hydrogens is 319 g/mol. The van der Waals surface area contributed by atoms with Gasteiger partial charge < -0.3 is 10.6 Å². The monoisotopic (exact) mass is 336 g/mol. The average Bonchev–Trinajstić information content (AvgIpc) is 2.65. The normalized spacial score (nSPS) is 10.3. The van der Waals surface area contributed by atoms with Crippen LogP contribution < -0.4 is 10.6 Å². The highest BCUT2D eigenvalue weighted by molar-refractivity contribution is 5.92. The number of anilines is 2. The number of halogens is 1. The van der Waals surface area contributed by atoms with Crippen LogP contribution in [0.25, 0.3) is 0 Å². The van der Waals surface area contributed by atoms with Crippen molar-refractivity contribution in [2.24, 2.45) is 0 Å². The van der Waals surface area contributed by atoms with Crippen LogP contribution in [0.5, 0.6) is 0 Å². The van der Waals surface area contributed by atoms with E-state index in [0.29, 0.717) is 6.54 Å². The molecule has 0 unspecified atom stereocenters. The van der Waals surface area contributed by atoms with Gasteiger partial charge in [0.15, 0.2) is 0 Å². The van der Waals surface area contributed by atoms with E-state index in [0.717, 1.165) is 12.0 Å². The van der Waals surface area contributed by atoms with Gasteiger partial charge in [0, 0.05) is 12.7 Å². The minimum atomic E-state index is -0.413. The molecule has 0 fully saturated rings. The van der Waals surface area contributed by atoms with Crippen molar-refractivity contribution in [3.63, 3.8) is 0 Å². The zero-order valence-electron chi connectivity index (χ0n) is 13.4. The minimum Gasteiger partial charge on any atom is -0.350 e. The Bertz CT molecular complexity index is 855. The molecule has 0 aliphatic rings. The third kappa shape index (κ3) is 4.60. The van der Waals surface area contributed by atoms with Gasteiger partial charge in [-0.25, -0.2) is 14.4 Å². The summed E-state index contributed by atoms with van der Waals surface area (Å²) >= 11 is 0. The smallest absolute Gasteiger partial charge is 0.270 e. The summed E-state index contributed by atoms with van der Waals surface area (Å²) in [7, 11) is 0. The number of nitrogens with one attached hydrogen (secondary N) is 2. The van der Waals surface area contributed by atoms with E-state index in [2.05, 4.69) is 20.6 Å². The van der Waals surface area contributed by atoms with Gasteiger partial charge in [-0.3, -0.25) is 4.79 Å². The molecule has 5 nitrogen and oxygen atoms in total. The van der Waals surface area contributed by atoms with E-state index in [1.54, 1.807) is 18.2 Å². The lowest BCUT2D eigenvalue weighted by molar-refractivity contribution is 0.0949. The van der Waals surface area contributed by atoms with Crippen LogP contribution in [-0.2, 0) is 6.42 Å². The van der Waals surface area contributed by atoms with Crippen LogP contribution in [0.4, 0.5) is 16.0 Å². The lowest BCUT2D eigenvalue weighted by atomic mass is 10.1. The molecule has 3 rings (SSSR count). The Morgan fingerprint density at radius 1 is 1.00 bits per heavy atom. The Kier molecular flexibility index (Phi) is 5.31. The van der Waals surface area contributed by atoms with Crippen molar-refractivity contribution in [2.75, 3.05) is 11.9 Å². The highest BCUT2D eigenvalue weighted by Crippen LogP contribution is 2.16. The van der Waals surface area contributed by atoms with Gasteiger partial charge in [0.25, 0.3) is 5.91 Å². The maximum atomic E-state index is 13.7. The van der Waals surface area contributed by atoms with E-state index in [4.69, 9.17) is 0 Å². The van der Waals surface area contributed by atoms with Crippen molar-refractivity contribution in [2.45, 2.75) is 6.42 Å². The number of carbonyl (C=O) groups excluding carboxylic acids is 1. The molecular formula is C19H17FN4O. The fourth-order valence-corrected chi connectivity index (χ4v) is 2.28. The van der Waals surface area contributed by atoms with Crippen LogP contribution in [0.2, 0.25) is 0 Å². The van der Waals surface area contributed by atoms with Gasteiger partial charge in [-0.15, -0.1) is 0 Å². The molecule has 6 heteroatoms. The van der Waals surface area contributed by atoms with Crippen LogP contribution in [0, 0.1) is 5.82 Å². The van der Waals surface area contributed by atoms with Crippen LogP contribution in [-0.4, -0.2) is 22.4 Å². The number of hydrogen-bond donors (Lipinski definition) is 2. The van der Waals surface area contributed by atoms with Crippen molar-refractivity contribution >= 4 is 17.5 Å². The SMILES string of the molecule is O=C(NCCc1ccccc1)c1ccnc(Nc2ccccc2F)n1. The molecule has 0 bridgehead atoms. The number of para-hydroxylation sites is 1. The molecule has 2 N–H and O–H groups in total. The molecule has 1 heterocycles. The maximum Gasteiger partial charge on any atom is 0.270 e. The van der Waals surface area contributed by atoms with Gasteiger partial charge in [-0.05, 0) is 30.2 Å². The number of benzene rings is 2. The Morgan fingerprint density at radius 3 is 2.56 bits per heavy atom. The zero-order valence-corrected chi connectivity index (χ0v) is 13.4. The third-order valence-corrected chi connectivity index (χ3v) is 3.55. The first-order chi connectivity index (χ1) is 12.2. The first-order valence-corrected chi connectivity index (χ1v) is 7.89. The van der Waals surface area contributed by atoms with Gasteiger partial charge in [0.2, 0.25) is 5.95 Å². The van der Waals surface area contributed by atoms with E-state index in [1.165, 1.54) is 18.3 Å². The summed E-state index contributed by atoms with van der Waals surface area (Å²) in [5.74, 6) is -0.542. The van der Waals surface area contributed by atoms with E-state index >= 15 is 0 Å². The van der Waals surface area contributed by atoms with Gasteiger partial charge in [0.05, 0.1) is 5.69 Å². The maximum absolute atomic E-state index is 13.7. The van der Waals surface area contributed by atoms with Crippen molar-refractivity contribution < 1.29 is 9.18 Å². The molecule has 1 amide bonds. The molecule has 0 aliphatic heterocycles. The highest BCUT2D eigenvalue weighted by Gasteiger charge is 2.09. The molecule has 1 aromatic heterocycles. The summed E-state index contributed by atoms with van der Waals surface area (Å²) in [4.78, 5) is 20.4. The Hall–Kier alpha value is -3.28. The van der Waals surface area contributed by atoms with E-state index < -0.39 is 5.82 Å². The molecule has 0 atom stereocenters. The van der Waals surface area contributed by atoms with E-state index in [1.807, 2.05) is 30.3 Å².